The molecule has 2 atom stereocenters. The molecule has 0 aliphatic carbocycles. The number of nitrogens with one attached hydrogen (secondary N) is 2. The molecule has 2 amide bonds. The molecule has 0 saturated carbocycles. The summed E-state index contributed by atoms with van der Waals surface area (Å²) in [5.41, 5.74) is 7.86. The van der Waals surface area contributed by atoms with Crippen LogP contribution in [0.2, 0.25) is 0 Å². The van der Waals surface area contributed by atoms with E-state index in [1.54, 1.807) is 6.20 Å². The predicted octanol–water partition coefficient (Wildman–Crippen LogP) is 1.74. The summed E-state index contributed by atoms with van der Waals surface area (Å²) in [6.45, 7) is 2.18. The number of piperazine rings is 1. The molecule has 2 saturated heterocycles. The second kappa shape index (κ2) is 8.38. The number of benzene rings is 1. The quantitative estimate of drug-likeness (QED) is 0.755. The van der Waals surface area contributed by atoms with E-state index in [1.165, 1.54) is 0 Å². The van der Waals surface area contributed by atoms with Gasteiger partial charge in [0.05, 0.1) is 11.7 Å². The Balaban J connectivity index is 1.31. The third kappa shape index (κ3) is 4.09. The number of nitrogens with zero attached hydrogens (tertiary/aromatic N) is 3. The first-order valence-corrected chi connectivity index (χ1v) is 10.2. The van der Waals surface area contributed by atoms with Crippen LogP contribution in [0, 0.1) is 0 Å². The molecule has 28 heavy (non-hydrogen) atoms. The fourth-order valence-electron chi connectivity index (χ4n) is 3.65. The standard InChI is InChI=1S/C20H22BrN5O2/c21-15-5-3-4-14(12-15)19(27)25-8-10-26(11-9-25)20(28)18-13-17(23-24-18)16-6-1-2-7-22-16/h1-7,12,17-18,23-24H,8-11,13H2. The second-order valence-corrected chi connectivity index (χ2v) is 7.93. The van der Waals surface area contributed by atoms with Crippen LogP contribution < -0.4 is 10.9 Å². The van der Waals surface area contributed by atoms with E-state index < -0.39 is 0 Å². The Morgan fingerprint density at radius 3 is 2.50 bits per heavy atom. The number of amides is 2. The molecule has 2 aliphatic rings. The maximum atomic E-state index is 12.9. The minimum Gasteiger partial charge on any atom is -0.338 e. The van der Waals surface area contributed by atoms with Gasteiger partial charge in [0.2, 0.25) is 5.91 Å². The van der Waals surface area contributed by atoms with Crippen LogP contribution in [0.25, 0.3) is 0 Å². The molecule has 4 rings (SSSR count). The third-order valence-corrected chi connectivity index (χ3v) is 5.69. The molecular formula is C20H22BrN5O2. The topological polar surface area (TPSA) is 77.6 Å². The highest BCUT2D eigenvalue weighted by molar-refractivity contribution is 9.10. The molecule has 0 spiro atoms. The van der Waals surface area contributed by atoms with Gasteiger partial charge < -0.3 is 9.80 Å². The van der Waals surface area contributed by atoms with Crippen LogP contribution in [0.4, 0.5) is 0 Å². The molecule has 2 aliphatic heterocycles. The number of carbonyl (C=O) groups is 2. The lowest BCUT2D eigenvalue weighted by Gasteiger charge is -2.36. The fourth-order valence-corrected chi connectivity index (χ4v) is 4.05. The average Bonchev–Trinajstić information content (AvgIpc) is 3.24. The van der Waals surface area contributed by atoms with Crippen LogP contribution >= 0.6 is 15.9 Å². The molecule has 2 N–H and O–H groups in total. The first kappa shape index (κ1) is 19.0. The zero-order chi connectivity index (χ0) is 19.5. The van der Waals surface area contributed by atoms with Gasteiger partial charge in [-0.15, -0.1) is 0 Å². The number of hydrogen-bond acceptors (Lipinski definition) is 5. The van der Waals surface area contributed by atoms with E-state index >= 15 is 0 Å². The summed E-state index contributed by atoms with van der Waals surface area (Å²) >= 11 is 3.40. The van der Waals surface area contributed by atoms with Crippen molar-refractivity contribution in [2.24, 2.45) is 0 Å². The Bertz CT molecular complexity index is 855. The Labute approximate surface area is 172 Å². The Morgan fingerprint density at radius 1 is 1.00 bits per heavy atom. The molecule has 2 aromatic rings. The minimum absolute atomic E-state index is 0.00396. The zero-order valence-electron chi connectivity index (χ0n) is 15.3. The van der Waals surface area contributed by atoms with E-state index in [4.69, 9.17) is 0 Å². The molecule has 1 aromatic carbocycles. The van der Waals surface area contributed by atoms with E-state index in [1.807, 2.05) is 52.3 Å². The van der Waals surface area contributed by atoms with Crippen molar-refractivity contribution < 1.29 is 9.59 Å². The highest BCUT2D eigenvalue weighted by Crippen LogP contribution is 2.22. The molecule has 3 heterocycles. The SMILES string of the molecule is O=C(c1cccc(Br)c1)N1CCN(C(=O)C2CC(c3ccccn3)NN2)CC1. The van der Waals surface area contributed by atoms with Crippen molar-refractivity contribution in [1.82, 2.24) is 25.6 Å². The summed E-state index contributed by atoms with van der Waals surface area (Å²) < 4.78 is 0.884. The van der Waals surface area contributed by atoms with Crippen LogP contribution in [-0.2, 0) is 4.79 Å². The van der Waals surface area contributed by atoms with Gasteiger partial charge in [0.15, 0.2) is 0 Å². The van der Waals surface area contributed by atoms with Crippen molar-refractivity contribution in [3.8, 4) is 0 Å². The molecule has 7 nitrogen and oxygen atoms in total. The van der Waals surface area contributed by atoms with Crippen LogP contribution in [0.3, 0.4) is 0 Å². The van der Waals surface area contributed by atoms with Gasteiger partial charge >= 0.3 is 0 Å². The molecule has 1 aromatic heterocycles. The van der Waals surface area contributed by atoms with Gasteiger partial charge in [-0.1, -0.05) is 28.1 Å². The monoisotopic (exact) mass is 443 g/mol. The van der Waals surface area contributed by atoms with Gasteiger partial charge in [0.25, 0.3) is 5.91 Å². The second-order valence-electron chi connectivity index (χ2n) is 7.01. The van der Waals surface area contributed by atoms with Crippen molar-refractivity contribution in [2.75, 3.05) is 26.2 Å². The zero-order valence-corrected chi connectivity index (χ0v) is 16.9. The maximum absolute atomic E-state index is 12.9. The summed E-state index contributed by atoms with van der Waals surface area (Å²) in [4.78, 5) is 33.5. The maximum Gasteiger partial charge on any atom is 0.254 e. The largest absolute Gasteiger partial charge is 0.338 e. The lowest BCUT2D eigenvalue weighted by molar-refractivity contribution is -0.134. The van der Waals surface area contributed by atoms with Crippen LogP contribution in [0.15, 0.2) is 53.1 Å². The van der Waals surface area contributed by atoms with Gasteiger partial charge in [-0.25, -0.2) is 10.9 Å². The highest BCUT2D eigenvalue weighted by Gasteiger charge is 2.35. The first-order chi connectivity index (χ1) is 13.6. The van der Waals surface area contributed by atoms with Crippen molar-refractivity contribution in [3.63, 3.8) is 0 Å². The number of rotatable bonds is 3. The van der Waals surface area contributed by atoms with Crippen LogP contribution in [0.1, 0.15) is 28.5 Å². The summed E-state index contributed by atoms with van der Waals surface area (Å²) in [5.74, 6) is 0.0739. The van der Waals surface area contributed by atoms with Crippen LogP contribution in [0.5, 0.6) is 0 Å². The van der Waals surface area contributed by atoms with Gasteiger partial charge in [0.1, 0.15) is 6.04 Å². The number of hydrogen-bond donors (Lipinski definition) is 2. The molecular weight excluding hydrogens is 422 g/mol. The number of aromatic nitrogens is 1. The van der Waals surface area contributed by atoms with Crippen molar-refractivity contribution in [2.45, 2.75) is 18.5 Å². The smallest absolute Gasteiger partial charge is 0.254 e. The molecule has 146 valence electrons. The lowest BCUT2D eigenvalue weighted by Crippen LogP contribution is -2.54. The fraction of sp³-hybridized carbons (Fsp3) is 0.350. The predicted molar refractivity (Wildman–Crippen MR) is 108 cm³/mol. The summed E-state index contributed by atoms with van der Waals surface area (Å²) in [6.07, 6.45) is 2.42. The van der Waals surface area contributed by atoms with Crippen molar-refractivity contribution in [1.29, 1.82) is 0 Å². The van der Waals surface area contributed by atoms with E-state index in [0.717, 1.165) is 10.2 Å². The van der Waals surface area contributed by atoms with Crippen molar-refractivity contribution >= 4 is 27.7 Å². The number of hydrazine groups is 1. The molecule has 0 radical (unpaired) electrons. The minimum atomic E-state index is -0.278. The molecule has 0 bridgehead atoms. The first-order valence-electron chi connectivity index (χ1n) is 9.37. The molecule has 2 fully saturated rings. The molecule has 2 unspecified atom stereocenters. The highest BCUT2D eigenvalue weighted by atomic mass is 79.9. The normalized spacial score (nSPS) is 22.3. The van der Waals surface area contributed by atoms with Gasteiger partial charge in [0, 0.05) is 42.4 Å². The number of halogens is 1. The van der Waals surface area contributed by atoms with Gasteiger partial charge in [-0.3, -0.25) is 14.6 Å². The van der Waals surface area contributed by atoms with E-state index in [9.17, 15) is 9.59 Å². The van der Waals surface area contributed by atoms with Crippen molar-refractivity contribution in [3.05, 3.63) is 64.4 Å². The summed E-state index contributed by atoms with van der Waals surface area (Å²) in [6, 6.07) is 12.9. The Kier molecular flexibility index (Phi) is 5.70. The van der Waals surface area contributed by atoms with E-state index in [0.29, 0.717) is 38.2 Å². The summed E-state index contributed by atoms with van der Waals surface area (Å²) in [5, 5.41) is 0. The van der Waals surface area contributed by atoms with Gasteiger partial charge in [-0.05, 0) is 36.8 Å². The Morgan fingerprint density at radius 2 is 1.79 bits per heavy atom. The Hall–Kier alpha value is -2.29. The average molecular weight is 444 g/mol. The lowest BCUT2D eigenvalue weighted by atomic mass is 10.1. The van der Waals surface area contributed by atoms with Gasteiger partial charge in [-0.2, -0.15) is 0 Å². The summed E-state index contributed by atoms with van der Waals surface area (Å²) in [7, 11) is 0. The number of carbonyl (C=O) groups excluding carboxylic acids is 2. The van der Waals surface area contributed by atoms with E-state index in [-0.39, 0.29) is 23.9 Å². The number of pyridine rings is 1. The molecule has 8 heteroatoms. The third-order valence-electron chi connectivity index (χ3n) is 5.20. The van der Waals surface area contributed by atoms with Crippen LogP contribution in [-0.4, -0.2) is 58.8 Å². The van der Waals surface area contributed by atoms with E-state index in [2.05, 4.69) is 31.8 Å².